The monoisotopic (exact) mass is 283 g/mol. The molecule has 0 bridgehead atoms. The van der Waals surface area contributed by atoms with Crippen molar-refractivity contribution in [3.8, 4) is 5.75 Å². The maximum atomic E-state index is 5.71. The Labute approximate surface area is 106 Å². The van der Waals surface area contributed by atoms with E-state index < -0.39 is 0 Å². The third-order valence-corrected chi connectivity index (χ3v) is 3.30. The Morgan fingerprint density at radius 1 is 1.44 bits per heavy atom. The molecule has 0 aliphatic heterocycles. The van der Waals surface area contributed by atoms with Gasteiger partial charge in [-0.1, -0.05) is 15.9 Å². The molecular formula is C13H18BrNO. The predicted molar refractivity (Wildman–Crippen MR) is 70.0 cm³/mol. The van der Waals surface area contributed by atoms with Crippen LogP contribution in [-0.4, -0.2) is 19.7 Å². The Hall–Kier alpha value is -0.540. The van der Waals surface area contributed by atoms with E-state index in [1.807, 2.05) is 12.1 Å². The lowest BCUT2D eigenvalue weighted by Gasteiger charge is -2.09. The zero-order valence-corrected chi connectivity index (χ0v) is 11.2. The second kappa shape index (κ2) is 5.69. The predicted octanol–water partition coefficient (Wildman–Crippen LogP) is 3.14. The number of rotatable bonds is 6. The topological polar surface area (TPSA) is 21.3 Å². The second-order valence-electron chi connectivity index (χ2n) is 4.41. The van der Waals surface area contributed by atoms with E-state index in [2.05, 4.69) is 34.2 Å². The van der Waals surface area contributed by atoms with Crippen molar-refractivity contribution >= 4 is 15.9 Å². The van der Waals surface area contributed by atoms with Crippen LogP contribution in [0.3, 0.4) is 0 Å². The molecule has 0 aromatic heterocycles. The van der Waals surface area contributed by atoms with Crippen LogP contribution in [0.4, 0.5) is 0 Å². The van der Waals surface area contributed by atoms with Gasteiger partial charge in [0.05, 0.1) is 0 Å². The van der Waals surface area contributed by atoms with E-state index >= 15 is 0 Å². The van der Waals surface area contributed by atoms with E-state index in [-0.39, 0.29) is 0 Å². The Balaban J connectivity index is 1.67. The number of halogens is 1. The fourth-order valence-electron chi connectivity index (χ4n) is 1.64. The van der Waals surface area contributed by atoms with Gasteiger partial charge in [-0.3, -0.25) is 0 Å². The molecule has 1 saturated carbocycles. The number of hydrogen-bond acceptors (Lipinski definition) is 2. The molecule has 0 saturated heterocycles. The minimum absolute atomic E-state index is 0.745. The summed E-state index contributed by atoms with van der Waals surface area (Å²) >= 11 is 3.44. The van der Waals surface area contributed by atoms with Crippen LogP contribution >= 0.6 is 15.9 Å². The van der Waals surface area contributed by atoms with Gasteiger partial charge in [0.1, 0.15) is 12.4 Å². The summed E-state index contributed by atoms with van der Waals surface area (Å²) in [5, 5.41) is 3.41. The third kappa shape index (κ3) is 3.80. The van der Waals surface area contributed by atoms with Crippen molar-refractivity contribution in [3.63, 3.8) is 0 Å². The third-order valence-electron chi connectivity index (χ3n) is 2.80. The molecule has 2 rings (SSSR count). The molecule has 1 N–H and O–H groups in total. The van der Waals surface area contributed by atoms with Gasteiger partial charge >= 0.3 is 0 Å². The van der Waals surface area contributed by atoms with Crippen LogP contribution in [0, 0.1) is 12.8 Å². The van der Waals surface area contributed by atoms with Crippen molar-refractivity contribution in [2.24, 2.45) is 5.92 Å². The molecule has 3 heteroatoms. The number of aryl methyl sites for hydroxylation is 1. The van der Waals surface area contributed by atoms with Gasteiger partial charge in [-0.25, -0.2) is 0 Å². The smallest absolute Gasteiger partial charge is 0.122 e. The molecule has 0 radical (unpaired) electrons. The van der Waals surface area contributed by atoms with E-state index in [1.54, 1.807) is 0 Å². The molecule has 0 atom stereocenters. The Morgan fingerprint density at radius 2 is 2.25 bits per heavy atom. The Kier molecular flexibility index (Phi) is 4.24. The summed E-state index contributed by atoms with van der Waals surface area (Å²) in [6.07, 6.45) is 2.80. The number of nitrogens with one attached hydrogen (secondary N) is 1. The standard InChI is InChI=1S/C13H18BrNO/c1-10-8-12(14)4-5-13(10)16-7-6-15-9-11-2-3-11/h4-5,8,11,15H,2-3,6-7,9H2,1H3. The van der Waals surface area contributed by atoms with Crippen LogP contribution < -0.4 is 10.1 Å². The summed E-state index contributed by atoms with van der Waals surface area (Å²) in [5.41, 5.74) is 1.18. The lowest BCUT2D eigenvalue weighted by Crippen LogP contribution is -2.23. The van der Waals surface area contributed by atoms with Crippen molar-refractivity contribution in [2.75, 3.05) is 19.7 Å². The molecule has 88 valence electrons. The quantitative estimate of drug-likeness (QED) is 0.810. The van der Waals surface area contributed by atoms with Gasteiger partial charge in [-0.2, -0.15) is 0 Å². The molecule has 16 heavy (non-hydrogen) atoms. The maximum absolute atomic E-state index is 5.71. The van der Waals surface area contributed by atoms with Gasteiger partial charge in [-0.05, 0) is 56.0 Å². The first-order chi connectivity index (χ1) is 7.75. The summed E-state index contributed by atoms with van der Waals surface area (Å²) in [6, 6.07) is 6.10. The van der Waals surface area contributed by atoms with Crippen molar-refractivity contribution < 1.29 is 4.74 Å². The van der Waals surface area contributed by atoms with Crippen LogP contribution in [0.2, 0.25) is 0 Å². The summed E-state index contributed by atoms with van der Waals surface area (Å²) in [4.78, 5) is 0. The van der Waals surface area contributed by atoms with Crippen molar-refractivity contribution in [3.05, 3.63) is 28.2 Å². The normalized spacial score (nSPS) is 15.1. The molecule has 0 heterocycles. The lowest BCUT2D eigenvalue weighted by atomic mass is 10.2. The average molecular weight is 284 g/mol. The van der Waals surface area contributed by atoms with E-state index in [1.165, 1.54) is 18.4 Å². The van der Waals surface area contributed by atoms with Crippen LogP contribution in [0.15, 0.2) is 22.7 Å². The van der Waals surface area contributed by atoms with E-state index in [4.69, 9.17) is 4.74 Å². The van der Waals surface area contributed by atoms with Gasteiger partial charge in [0.15, 0.2) is 0 Å². The Morgan fingerprint density at radius 3 is 2.94 bits per heavy atom. The molecule has 1 aromatic carbocycles. The molecular weight excluding hydrogens is 266 g/mol. The van der Waals surface area contributed by atoms with Crippen molar-refractivity contribution in [1.82, 2.24) is 5.32 Å². The maximum Gasteiger partial charge on any atom is 0.122 e. The fraction of sp³-hybridized carbons (Fsp3) is 0.538. The zero-order chi connectivity index (χ0) is 11.4. The van der Waals surface area contributed by atoms with Crippen molar-refractivity contribution in [1.29, 1.82) is 0 Å². The summed E-state index contributed by atoms with van der Waals surface area (Å²) in [6.45, 7) is 4.90. The first kappa shape index (κ1) is 11.9. The van der Waals surface area contributed by atoms with E-state index in [9.17, 15) is 0 Å². The molecule has 1 aliphatic rings. The number of hydrogen-bond donors (Lipinski definition) is 1. The summed E-state index contributed by atoms with van der Waals surface area (Å²) in [7, 11) is 0. The largest absolute Gasteiger partial charge is 0.492 e. The van der Waals surface area contributed by atoms with Crippen LogP contribution in [0.5, 0.6) is 5.75 Å². The minimum atomic E-state index is 0.745. The zero-order valence-electron chi connectivity index (χ0n) is 9.63. The highest BCUT2D eigenvalue weighted by Gasteiger charge is 2.19. The van der Waals surface area contributed by atoms with Gasteiger partial charge in [0.2, 0.25) is 0 Å². The number of ether oxygens (including phenoxy) is 1. The van der Waals surface area contributed by atoms with Gasteiger partial charge in [0, 0.05) is 11.0 Å². The van der Waals surface area contributed by atoms with Crippen LogP contribution in [0.1, 0.15) is 18.4 Å². The van der Waals surface area contributed by atoms with E-state index in [0.29, 0.717) is 0 Å². The summed E-state index contributed by atoms with van der Waals surface area (Å²) in [5.74, 6) is 1.92. The number of benzene rings is 1. The van der Waals surface area contributed by atoms with Crippen LogP contribution in [-0.2, 0) is 0 Å². The lowest BCUT2D eigenvalue weighted by molar-refractivity contribution is 0.311. The Bertz CT molecular complexity index is 350. The van der Waals surface area contributed by atoms with Gasteiger partial charge in [0.25, 0.3) is 0 Å². The molecule has 0 unspecified atom stereocenters. The highest BCUT2D eigenvalue weighted by Crippen LogP contribution is 2.27. The van der Waals surface area contributed by atoms with Gasteiger partial charge in [-0.15, -0.1) is 0 Å². The SMILES string of the molecule is Cc1cc(Br)ccc1OCCNCC1CC1. The first-order valence-corrected chi connectivity index (χ1v) is 6.64. The van der Waals surface area contributed by atoms with Crippen LogP contribution in [0.25, 0.3) is 0 Å². The molecule has 1 aliphatic carbocycles. The molecule has 2 nitrogen and oxygen atoms in total. The molecule has 1 aromatic rings. The van der Waals surface area contributed by atoms with Crippen molar-refractivity contribution in [2.45, 2.75) is 19.8 Å². The molecule has 0 amide bonds. The first-order valence-electron chi connectivity index (χ1n) is 5.85. The average Bonchev–Trinajstić information content (AvgIpc) is 3.04. The molecule has 0 spiro atoms. The van der Waals surface area contributed by atoms with Gasteiger partial charge < -0.3 is 10.1 Å². The highest BCUT2D eigenvalue weighted by molar-refractivity contribution is 9.10. The second-order valence-corrected chi connectivity index (χ2v) is 5.32. The summed E-state index contributed by atoms with van der Waals surface area (Å²) < 4.78 is 6.81. The minimum Gasteiger partial charge on any atom is -0.492 e. The highest BCUT2D eigenvalue weighted by atomic mass is 79.9. The fourth-order valence-corrected chi connectivity index (χ4v) is 2.11. The van der Waals surface area contributed by atoms with E-state index in [0.717, 1.165) is 35.8 Å². The molecule has 1 fully saturated rings.